The van der Waals surface area contributed by atoms with E-state index in [0.29, 0.717) is 23.7 Å². The van der Waals surface area contributed by atoms with Crippen molar-refractivity contribution in [2.75, 3.05) is 11.9 Å². The van der Waals surface area contributed by atoms with Gasteiger partial charge in [-0.3, -0.25) is 4.79 Å². The standard InChI is InChI=1S/C20H20FN3O2/c1-4-26-18-12-24(17-9-6-15(21)7-10-17)23-19(18)20(25)22-16-8-5-13(2)14(3)11-16/h5-12H,4H2,1-3H3,(H,22,25). The molecule has 0 saturated heterocycles. The van der Waals surface area contributed by atoms with Gasteiger partial charge in [-0.2, -0.15) is 5.10 Å². The SMILES string of the molecule is CCOc1cn(-c2ccc(F)cc2)nc1C(=O)Nc1ccc(C)c(C)c1. The molecule has 0 saturated carbocycles. The highest BCUT2D eigenvalue weighted by atomic mass is 19.1. The molecule has 0 fully saturated rings. The van der Waals surface area contributed by atoms with Crippen molar-refractivity contribution in [2.45, 2.75) is 20.8 Å². The van der Waals surface area contributed by atoms with Crippen LogP contribution in [0.15, 0.2) is 48.7 Å². The first-order chi connectivity index (χ1) is 12.5. The molecule has 1 heterocycles. The third kappa shape index (κ3) is 3.74. The van der Waals surface area contributed by atoms with Crippen molar-refractivity contribution in [1.29, 1.82) is 0 Å². The number of halogens is 1. The molecular weight excluding hydrogens is 333 g/mol. The van der Waals surface area contributed by atoms with E-state index in [1.165, 1.54) is 16.8 Å². The lowest BCUT2D eigenvalue weighted by molar-refractivity contribution is 0.101. The van der Waals surface area contributed by atoms with Crippen molar-refractivity contribution in [3.8, 4) is 11.4 Å². The van der Waals surface area contributed by atoms with E-state index in [-0.39, 0.29) is 17.4 Å². The van der Waals surface area contributed by atoms with Crippen molar-refractivity contribution >= 4 is 11.6 Å². The number of carbonyl (C=O) groups is 1. The fourth-order valence-electron chi connectivity index (χ4n) is 2.51. The van der Waals surface area contributed by atoms with Crippen LogP contribution in [-0.2, 0) is 0 Å². The zero-order chi connectivity index (χ0) is 18.7. The Hall–Kier alpha value is -3.15. The normalized spacial score (nSPS) is 10.6. The summed E-state index contributed by atoms with van der Waals surface area (Å²) in [6.07, 6.45) is 1.62. The summed E-state index contributed by atoms with van der Waals surface area (Å²) in [7, 11) is 0. The number of rotatable bonds is 5. The molecule has 3 rings (SSSR count). The number of amides is 1. The van der Waals surface area contributed by atoms with Crippen LogP contribution in [-0.4, -0.2) is 22.3 Å². The van der Waals surface area contributed by atoms with Gasteiger partial charge >= 0.3 is 0 Å². The van der Waals surface area contributed by atoms with E-state index in [1.807, 2.05) is 39.0 Å². The molecule has 26 heavy (non-hydrogen) atoms. The lowest BCUT2D eigenvalue weighted by atomic mass is 10.1. The van der Waals surface area contributed by atoms with Crippen LogP contribution in [0.2, 0.25) is 0 Å². The molecule has 0 aliphatic rings. The maximum absolute atomic E-state index is 13.1. The van der Waals surface area contributed by atoms with Crippen LogP contribution in [0.3, 0.4) is 0 Å². The van der Waals surface area contributed by atoms with E-state index in [1.54, 1.807) is 18.3 Å². The summed E-state index contributed by atoms with van der Waals surface area (Å²) in [6.45, 7) is 6.23. The van der Waals surface area contributed by atoms with Crippen LogP contribution >= 0.6 is 0 Å². The third-order valence-corrected chi connectivity index (χ3v) is 4.05. The van der Waals surface area contributed by atoms with Gasteiger partial charge in [0.1, 0.15) is 5.82 Å². The molecule has 5 nitrogen and oxygen atoms in total. The summed E-state index contributed by atoms with van der Waals surface area (Å²) in [4.78, 5) is 12.7. The van der Waals surface area contributed by atoms with Gasteiger partial charge in [0.25, 0.3) is 5.91 Å². The molecule has 0 unspecified atom stereocenters. The Morgan fingerprint density at radius 3 is 2.54 bits per heavy atom. The van der Waals surface area contributed by atoms with Gasteiger partial charge in [0.05, 0.1) is 18.5 Å². The number of nitrogens with one attached hydrogen (secondary N) is 1. The highest BCUT2D eigenvalue weighted by Crippen LogP contribution is 2.22. The monoisotopic (exact) mass is 353 g/mol. The fourth-order valence-corrected chi connectivity index (χ4v) is 2.51. The number of hydrogen-bond donors (Lipinski definition) is 1. The Labute approximate surface area is 151 Å². The quantitative estimate of drug-likeness (QED) is 0.745. The number of aryl methyl sites for hydroxylation is 2. The average molecular weight is 353 g/mol. The summed E-state index contributed by atoms with van der Waals surface area (Å²) < 4.78 is 20.2. The van der Waals surface area contributed by atoms with E-state index in [2.05, 4.69) is 10.4 Å². The van der Waals surface area contributed by atoms with Crippen molar-refractivity contribution in [3.05, 3.63) is 71.3 Å². The topological polar surface area (TPSA) is 56.2 Å². The molecule has 0 spiro atoms. The van der Waals surface area contributed by atoms with E-state index < -0.39 is 0 Å². The summed E-state index contributed by atoms with van der Waals surface area (Å²) >= 11 is 0. The van der Waals surface area contributed by atoms with Gasteiger partial charge in [0.2, 0.25) is 0 Å². The molecule has 0 aliphatic carbocycles. The highest BCUT2D eigenvalue weighted by Gasteiger charge is 2.19. The number of benzene rings is 2. The number of aromatic nitrogens is 2. The van der Waals surface area contributed by atoms with Gasteiger partial charge in [0, 0.05) is 5.69 Å². The van der Waals surface area contributed by atoms with Crippen molar-refractivity contribution in [2.24, 2.45) is 0 Å². The van der Waals surface area contributed by atoms with E-state index >= 15 is 0 Å². The smallest absolute Gasteiger partial charge is 0.280 e. The predicted molar refractivity (Wildman–Crippen MR) is 98.6 cm³/mol. The average Bonchev–Trinajstić information content (AvgIpc) is 3.03. The molecule has 0 radical (unpaired) electrons. The molecule has 134 valence electrons. The molecular formula is C20H20FN3O2. The largest absolute Gasteiger partial charge is 0.490 e. The summed E-state index contributed by atoms with van der Waals surface area (Å²) in [5.41, 5.74) is 3.74. The van der Waals surface area contributed by atoms with E-state index in [9.17, 15) is 9.18 Å². The maximum atomic E-state index is 13.1. The minimum atomic E-state index is -0.363. The molecule has 2 aromatic carbocycles. The first-order valence-electron chi connectivity index (χ1n) is 8.35. The molecule has 0 bridgehead atoms. The predicted octanol–water partition coefficient (Wildman–Crippen LogP) is 4.28. The number of hydrogen-bond acceptors (Lipinski definition) is 3. The second kappa shape index (κ2) is 7.39. The Kier molecular flexibility index (Phi) is 5.02. The van der Waals surface area contributed by atoms with Crippen molar-refractivity contribution in [3.63, 3.8) is 0 Å². The van der Waals surface area contributed by atoms with Crippen LogP contribution in [0.25, 0.3) is 5.69 Å². The van der Waals surface area contributed by atoms with Gasteiger partial charge in [-0.1, -0.05) is 6.07 Å². The van der Waals surface area contributed by atoms with E-state index in [0.717, 1.165) is 11.1 Å². The summed E-state index contributed by atoms with van der Waals surface area (Å²) in [5.74, 6) is -0.325. The van der Waals surface area contributed by atoms with Crippen LogP contribution in [0.4, 0.5) is 10.1 Å². The van der Waals surface area contributed by atoms with Crippen LogP contribution < -0.4 is 10.1 Å². The minimum Gasteiger partial charge on any atom is -0.490 e. The van der Waals surface area contributed by atoms with Crippen molar-refractivity contribution in [1.82, 2.24) is 9.78 Å². The molecule has 1 aromatic heterocycles. The molecule has 1 amide bonds. The fraction of sp³-hybridized carbons (Fsp3) is 0.200. The van der Waals surface area contributed by atoms with Gasteiger partial charge in [-0.05, 0) is 68.3 Å². The molecule has 1 N–H and O–H groups in total. The van der Waals surface area contributed by atoms with E-state index in [4.69, 9.17) is 4.74 Å². The molecule has 0 aliphatic heterocycles. The Bertz CT molecular complexity index is 933. The lowest BCUT2D eigenvalue weighted by Crippen LogP contribution is -2.14. The lowest BCUT2D eigenvalue weighted by Gasteiger charge is -2.07. The Morgan fingerprint density at radius 1 is 1.15 bits per heavy atom. The summed E-state index contributed by atoms with van der Waals surface area (Å²) in [5, 5.41) is 7.17. The second-order valence-corrected chi connectivity index (χ2v) is 5.95. The van der Waals surface area contributed by atoms with Crippen LogP contribution in [0.5, 0.6) is 5.75 Å². The zero-order valence-corrected chi connectivity index (χ0v) is 14.9. The van der Waals surface area contributed by atoms with Gasteiger partial charge in [0.15, 0.2) is 11.4 Å². The van der Waals surface area contributed by atoms with Gasteiger partial charge in [-0.15, -0.1) is 0 Å². The Balaban J connectivity index is 1.90. The number of anilines is 1. The molecule has 0 atom stereocenters. The third-order valence-electron chi connectivity index (χ3n) is 4.05. The number of nitrogens with zero attached hydrogens (tertiary/aromatic N) is 2. The first kappa shape index (κ1) is 17.7. The maximum Gasteiger partial charge on any atom is 0.280 e. The van der Waals surface area contributed by atoms with Gasteiger partial charge in [-0.25, -0.2) is 9.07 Å². The van der Waals surface area contributed by atoms with Crippen LogP contribution in [0.1, 0.15) is 28.5 Å². The van der Waals surface area contributed by atoms with Crippen molar-refractivity contribution < 1.29 is 13.9 Å². The number of carbonyl (C=O) groups excluding carboxylic acids is 1. The highest BCUT2D eigenvalue weighted by molar-refractivity contribution is 6.04. The first-order valence-corrected chi connectivity index (χ1v) is 8.35. The minimum absolute atomic E-state index is 0.175. The van der Waals surface area contributed by atoms with Gasteiger partial charge < -0.3 is 10.1 Å². The second-order valence-electron chi connectivity index (χ2n) is 5.95. The zero-order valence-electron chi connectivity index (χ0n) is 14.9. The molecule has 3 aromatic rings. The number of ether oxygens (including phenoxy) is 1. The Morgan fingerprint density at radius 2 is 1.88 bits per heavy atom. The van der Waals surface area contributed by atoms with Crippen LogP contribution in [0, 0.1) is 19.7 Å². The summed E-state index contributed by atoms with van der Waals surface area (Å²) in [6, 6.07) is 11.6. The molecule has 6 heteroatoms.